The van der Waals surface area contributed by atoms with Crippen molar-refractivity contribution in [2.75, 3.05) is 0 Å². The molecule has 1 aromatic rings. The summed E-state index contributed by atoms with van der Waals surface area (Å²) in [4.78, 5) is 50.0. The lowest BCUT2D eigenvalue weighted by molar-refractivity contribution is -0.161. The molecule has 2 fully saturated rings. The Morgan fingerprint density at radius 1 is 1.31 bits per heavy atom. The first kappa shape index (κ1) is 26.2. The number of carbonyl (C=O) groups is 4. The van der Waals surface area contributed by atoms with Crippen LogP contribution in [0.4, 0.5) is 0 Å². The zero-order valence-corrected chi connectivity index (χ0v) is 20.2. The number of carboxylic acids is 1. The molecule has 35 heavy (non-hydrogen) atoms. The minimum atomic E-state index is -3.46. The number of carboxylic acid groups (broad SMARTS) is 1. The minimum Gasteiger partial charge on any atom is -0.504 e. The molecule has 5 N–H and O–H groups in total. The van der Waals surface area contributed by atoms with Gasteiger partial charge in [-0.2, -0.15) is 5.10 Å². The highest BCUT2D eigenvalue weighted by Gasteiger charge is 2.53. The Morgan fingerprint density at radius 2 is 1.94 bits per heavy atom. The number of hydrogen-bond donors (Lipinski definition) is 6. The van der Waals surface area contributed by atoms with Crippen LogP contribution in [0.25, 0.3) is 0 Å². The SMILES string of the molecule is C[C@@H]1CC(=O)N1[C@@H](C(=O)O)[C@](C)(/C=N/NC(=O)C1(NC(=O)c2ccc(O)c(O)c2Cl)CC1)[SH](=O)=O. The van der Waals surface area contributed by atoms with E-state index < -0.39 is 73.3 Å². The number of amides is 3. The molecule has 3 atom stereocenters. The Balaban J connectivity index is 1.75. The summed E-state index contributed by atoms with van der Waals surface area (Å²) in [6.07, 6.45) is 1.24. The minimum absolute atomic E-state index is 0.0778. The number of aromatic hydroxyl groups is 2. The lowest BCUT2D eigenvalue weighted by atomic mass is 9.92. The predicted octanol–water partition coefficient (Wildman–Crippen LogP) is -0.440. The molecule has 0 bridgehead atoms. The topological polar surface area (TPSA) is 203 Å². The van der Waals surface area contributed by atoms with Gasteiger partial charge in [-0.15, -0.1) is 0 Å². The Hall–Kier alpha value is -3.39. The zero-order chi connectivity index (χ0) is 26.3. The fourth-order valence-electron chi connectivity index (χ4n) is 3.73. The zero-order valence-electron chi connectivity index (χ0n) is 18.5. The number of phenols is 2. The quantitative estimate of drug-likeness (QED) is 0.0803. The van der Waals surface area contributed by atoms with E-state index in [1.807, 2.05) is 0 Å². The van der Waals surface area contributed by atoms with Gasteiger partial charge in [-0.3, -0.25) is 14.4 Å². The van der Waals surface area contributed by atoms with Crippen LogP contribution in [0.2, 0.25) is 5.02 Å². The molecular formula is C20H23ClN4O9S. The highest BCUT2D eigenvalue weighted by Crippen LogP contribution is 2.39. The second kappa shape index (κ2) is 9.34. The van der Waals surface area contributed by atoms with Crippen LogP contribution in [0.1, 0.15) is 43.5 Å². The van der Waals surface area contributed by atoms with E-state index in [1.54, 1.807) is 6.92 Å². The second-order valence-corrected chi connectivity index (χ2v) is 10.5. The maximum atomic E-state index is 12.7. The average molecular weight is 531 g/mol. The normalized spacial score (nSPS) is 21.2. The number of nitrogens with one attached hydrogen (secondary N) is 2. The van der Waals surface area contributed by atoms with Crippen molar-refractivity contribution in [3.05, 3.63) is 22.7 Å². The van der Waals surface area contributed by atoms with Gasteiger partial charge in [0.15, 0.2) is 28.2 Å². The molecule has 1 aromatic carbocycles. The molecule has 3 rings (SSSR count). The van der Waals surface area contributed by atoms with Crippen LogP contribution in [-0.2, 0) is 25.1 Å². The number of β-lactam (4-membered cyclic amide) rings is 1. The van der Waals surface area contributed by atoms with Crippen LogP contribution in [-0.4, -0.2) is 80.9 Å². The summed E-state index contributed by atoms with van der Waals surface area (Å²) in [6, 6.07) is -0.0522. The number of aliphatic carboxylic acids is 1. The van der Waals surface area contributed by atoms with E-state index in [1.165, 1.54) is 0 Å². The Kier molecular flexibility index (Phi) is 7.00. The summed E-state index contributed by atoms with van der Waals surface area (Å²) < 4.78 is 21.9. The van der Waals surface area contributed by atoms with Crippen molar-refractivity contribution in [1.82, 2.24) is 15.6 Å². The van der Waals surface area contributed by atoms with Crippen LogP contribution in [0.15, 0.2) is 17.2 Å². The third-order valence-electron chi connectivity index (χ3n) is 6.06. The standard InChI is InChI=1S/C20H23ClN4O9S/c1-9-7-12(27)25(9)15(17(30)31)19(2,35(33)34)8-22-24-18(32)20(5-6-20)23-16(29)10-3-4-11(26)14(28)13(10)21/h3-4,8-9,15,26,28,35H,5-7H2,1-2H3,(H,23,29)(H,24,32)(H,30,31)/b22-8+/t9-,15+,19+/m1/s1. The fraction of sp³-hybridized carbons (Fsp3) is 0.450. The Bertz CT molecular complexity index is 1210. The second-order valence-electron chi connectivity index (χ2n) is 8.61. The molecule has 2 aliphatic rings. The van der Waals surface area contributed by atoms with Crippen molar-refractivity contribution in [1.29, 1.82) is 0 Å². The third-order valence-corrected chi connectivity index (χ3v) is 7.59. The molecule has 13 nitrogen and oxygen atoms in total. The lowest BCUT2D eigenvalue weighted by Gasteiger charge is -2.45. The van der Waals surface area contributed by atoms with Gasteiger partial charge in [0.1, 0.15) is 10.3 Å². The largest absolute Gasteiger partial charge is 0.504 e. The Morgan fingerprint density at radius 3 is 2.43 bits per heavy atom. The van der Waals surface area contributed by atoms with Crippen molar-refractivity contribution in [2.24, 2.45) is 5.10 Å². The first-order valence-corrected chi connectivity index (χ1v) is 11.9. The summed E-state index contributed by atoms with van der Waals surface area (Å²) in [5.74, 6) is -4.93. The van der Waals surface area contributed by atoms with Crippen LogP contribution < -0.4 is 10.7 Å². The number of benzene rings is 1. The van der Waals surface area contributed by atoms with E-state index in [-0.39, 0.29) is 24.8 Å². The predicted molar refractivity (Wildman–Crippen MR) is 122 cm³/mol. The molecular weight excluding hydrogens is 508 g/mol. The fourth-order valence-corrected chi connectivity index (χ4v) is 4.57. The molecule has 0 spiro atoms. The number of hydrazone groups is 1. The lowest BCUT2D eigenvalue weighted by Crippen LogP contribution is -2.66. The molecule has 1 aliphatic carbocycles. The van der Waals surface area contributed by atoms with Crippen LogP contribution in [0, 0.1) is 0 Å². The monoisotopic (exact) mass is 530 g/mol. The van der Waals surface area contributed by atoms with E-state index in [2.05, 4.69) is 15.8 Å². The molecule has 0 aromatic heterocycles. The first-order valence-electron chi connectivity index (χ1n) is 10.3. The van der Waals surface area contributed by atoms with Crippen molar-refractivity contribution in [2.45, 2.75) is 55.5 Å². The number of phenolic OH excluding ortho intramolecular Hbond substituents is 2. The third kappa shape index (κ3) is 4.75. The molecule has 0 unspecified atom stereocenters. The van der Waals surface area contributed by atoms with Gasteiger partial charge in [0.2, 0.25) is 5.91 Å². The summed E-state index contributed by atoms with van der Waals surface area (Å²) in [5.41, 5.74) is 0.519. The van der Waals surface area contributed by atoms with Crippen LogP contribution >= 0.6 is 11.6 Å². The van der Waals surface area contributed by atoms with Gasteiger partial charge in [-0.25, -0.2) is 18.6 Å². The molecule has 1 aliphatic heterocycles. The van der Waals surface area contributed by atoms with E-state index in [4.69, 9.17) is 11.6 Å². The van der Waals surface area contributed by atoms with E-state index in [9.17, 15) is 42.9 Å². The molecule has 15 heteroatoms. The number of thiol groups is 1. The highest BCUT2D eigenvalue weighted by molar-refractivity contribution is 7.75. The molecule has 3 amide bonds. The number of nitrogens with zero attached hydrogens (tertiary/aromatic N) is 2. The summed E-state index contributed by atoms with van der Waals surface area (Å²) in [5, 5.41) is 34.5. The summed E-state index contributed by atoms with van der Waals surface area (Å²) in [7, 11) is -3.46. The van der Waals surface area contributed by atoms with Crippen molar-refractivity contribution in [3.8, 4) is 11.5 Å². The van der Waals surface area contributed by atoms with Gasteiger partial charge in [-0.05, 0) is 38.8 Å². The number of hydrogen-bond acceptors (Lipinski definition) is 9. The van der Waals surface area contributed by atoms with Crippen molar-refractivity contribution in [3.63, 3.8) is 0 Å². The number of likely N-dealkylation sites (tertiary alicyclic amines) is 1. The molecule has 190 valence electrons. The number of halogens is 1. The van der Waals surface area contributed by atoms with Gasteiger partial charge in [-0.1, -0.05) is 11.6 Å². The van der Waals surface area contributed by atoms with Gasteiger partial charge in [0.25, 0.3) is 11.8 Å². The molecule has 0 radical (unpaired) electrons. The molecule has 1 heterocycles. The smallest absolute Gasteiger partial charge is 0.328 e. The van der Waals surface area contributed by atoms with Crippen LogP contribution in [0.3, 0.4) is 0 Å². The van der Waals surface area contributed by atoms with Crippen molar-refractivity contribution >= 4 is 52.2 Å². The highest BCUT2D eigenvalue weighted by atomic mass is 35.5. The first-order chi connectivity index (χ1) is 16.2. The maximum Gasteiger partial charge on any atom is 0.328 e. The number of carbonyl (C=O) groups excluding carboxylic acids is 3. The van der Waals surface area contributed by atoms with Gasteiger partial charge < -0.3 is 25.5 Å². The van der Waals surface area contributed by atoms with Gasteiger partial charge >= 0.3 is 5.97 Å². The van der Waals surface area contributed by atoms with Gasteiger partial charge in [0.05, 0.1) is 10.6 Å². The average Bonchev–Trinajstić information content (AvgIpc) is 3.55. The van der Waals surface area contributed by atoms with Crippen LogP contribution in [0.5, 0.6) is 11.5 Å². The van der Waals surface area contributed by atoms with E-state index >= 15 is 0 Å². The van der Waals surface area contributed by atoms with E-state index in [0.29, 0.717) is 0 Å². The van der Waals surface area contributed by atoms with Gasteiger partial charge in [0, 0.05) is 18.7 Å². The molecule has 1 saturated heterocycles. The Labute approximate surface area is 205 Å². The number of rotatable bonds is 9. The summed E-state index contributed by atoms with van der Waals surface area (Å²) in [6.45, 7) is 2.65. The maximum absolute atomic E-state index is 12.7. The molecule has 1 saturated carbocycles. The van der Waals surface area contributed by atoms with Crippen molar-refractivity contribution < 1.29 is 42.9 Å². The van der Waals surface area contributed by atoms with E-state index in [0.717, 1.165) is 30.2 Å². The summed E-state index contributed by atoms with van der Waals surface area (Å²) >= 11 is 5.88.